The molecule has 0 unspecified atom stereocenters. The predicted molar refractivity (Wildman–Crippen MR) is 115 cm³/mol. The van der Waals surface area contributed by atoms with Gasteiger partial charge in [0.05, 0.1) is 13.7 Å². The van der Waals surface area contributed by atoms with E-state index in [4.69, 9.17) is 4.74 Å². The van der Waals surface area contributed by atoms with E-state index in [1.54, 1.807) is 12.0 Å². The van der Waals surface area contributed by atoms with Crippen LogP contribution >= 0.6 is 0 Å². The van der Waals surface area contributed by atoms with Crippen molar-refractivity contribution in [3.8, 4) is 5.75 Å². The highest BCUT2D eigenvalue weighted by atomic mass is 16.5. The number of nitrogens with one attached hydrogen (secondary N) is 1. The zero-order valence-corrected chi connectivity index (χ0v) is 16.7. The summed E-state index contributed by atoms with van der Waals surface area (Å²) in [6.45, 7) is 0.252. The van der Waals surface area contributed by atoms with Crippen molar-refractivity contribution in [1.82, 2.24) is 4.98 Å². The molecule has 1 saturated carbocycles. The number of carbonyl (C=O) groups is 1. The molecule has 1 aliphatic carbocycles. The molecule has 0 aliphatic heterocycles. The number of para-hydroxylation sites is 1. The van der Waals surface area contributed by atoms with E-state index in [9.17, 15) is 9.59 Å². The molecule has 1 amide bonds. The molecule has 4 rings (SSSR count). The van der Waals surface area contributed by atoms with Gasteiger partial charge in [-0.25, -0.2) is 0 Å². The number of nitrogens with zero attached hydrogens (tertiary/aromatic N) is 1. The maximum Gasteiger partial charge on any atom is 0.253 e. The van der Waals surface area contributed by atoms with Crippen molar-refractivity contribution >= 4 is 22.5 Å². The van der Waals surface area contributed by atoms with Gasteiger partial charge in [0, 0.05) is 22.7 Å². The first-order valence-electron chi connectivity index (χ1n) is 10.2. The van der Waals surface area contributed by atoms with Crippen molar-refractivity contribution in [3.05, 3.63) is 70.5 Å². The minimum atomic E-state index is -0.154. The van der Waals surface area contributed by atoms with E-state index in [1.807, 2.05) is 54.6 Å². The molecule has 0 saturated heterocycles. The molecule has 1 aromatic heterocycles. The van der Waals surface area contributed by atoms with Gasteiger partial charge in [0.2, 0.25) is 5.91 Å². The average Bonchev–Trinajstić information content (AvgIpc) is 2.78. The Balaban J connectivity index is 1.70. The molecule has 0 spiro atoms. The summed E-state index contributed by atoms with van der Waals surface area (Å²) < 4.78 is 5.25. The molecule has 1 N–H and O–H groups in total. The Hall–Kier alpha value is -3.08. The molecule has 1 aliphatic rings. The normalized spacial score (nSPS) is 14.7. The van der Waals surface area contributed by atoms with E-state index in [1.165, 1.54) is 6.42 Å². The summed E-state index contributed by atoms with van der Waals surface area (Å²) in [6, 6.07) is 17.0. The van der Waals surface area contributed by atoms with E-state index < -0.39 is 0 Å². The summed E-state index contributed by atoms with van der Waals surface area (Å²) in [6.07, 6.45) is 5.20. The fourth-order valence-electron chi connectivity index (χ4n) is 4.11. The highest BCUT2D eigenvalue weighted by Gasteiger charge is 2.27. The zero-order valence-electron chi connectivity index (χ0n) is 16.7. The summed E-state index contributed by atoms with van der Waals surface area (Å²) >= 11 is 0. The highest BCUT2D eigenvalue weighted by Crippen LogP contribution is 2.29. The van der Waals surface area contributed by atoms with Gasteiger partial charge in [-0.3, -0.25) is 9.59 Å². The fourth-order valence-corrected chi connectivity index (χ4v) is 4.11. The number of methoxy groups -OCH3 is 1. The molecule has 0 atom stereocenters. The van der Waals surface area contributed by atoms with Crippen LogP contribution in [0.2, 0.25) is 0 Å². The van der Waals surface area contributed by atoms with Crippen LogP contribution < -0.4 is 15.2 Å². The third-order valence-corrected chi connectivity index (χ3v) is 5.76. The van der Waals surface area contributed by atoms with Crippen LogP contribution in [-0.4, -0.2) is 18.0 Å². The van der Waals surface area contributed by atoms with Gasteiger partial charge >= 0.3 is 0 Å². The van der Waals surface area contributed by atoms with Crippen LogP contribution in [0.25, 0.3) is 10.9 Å². The smallest absolute Gasteiger partial charge is 0.253 e. The lowest BCUT2D eigenvalue weighted by Crippen LogP contribution is -2.38. The van der Waals surface area contributed by atoms with Gasteiger partial charge < -0.3 is 14.6 Å². The van der Waals surface area contributed by atoms with Gasteiger partial charge in [-0.05, 0) is 54.6 Å². The lowest BCUT2D eigenvalue weighted by molar-refractivity contribution is -0.123. The maximum absolute atomic E-state index is 13.4. The number of anilines is 1. The predicted octanol–water partition coefficient (Wildman–Crippen LogP) is 4.65. The number of ether oxygens (including phenoxy) is 1. The third kappa shape index (κ3) is 4.19. The third-order valence-electron chi connectivity index (χ3n) is 5.76. The van der Waals surface area contributed by atoms with Gasteiger partial charge in [0.1, 0.15) is 5.75 Å². The number of aromatic amines is 1. The average molecular weight is 390 g/mol. The Bertz CT molecular complexity index is 1050. The van der Waals surface area contributed by atoms with E-state index in [2.05, 4.69) is 4.98 Å². The standard InChI is InChI=1S/C24H26N2O3/c1-29-21-13-11-20(12-14-21)26(24(28)17-7-3-2-4-8-17)16-19-15-18-9-5-6-10-22(18)25-23(19)27/h5-6,9-15,17H,2-4,7-8,16H2,1H3,(H,25,27). The van der Waals surface area contributed by atoms with Crippen molar-refractivity contribution < 1.29 is 9.53 Å². The summed E-state index contributed by atoms with van der Waals surface area (Å²) in [5, 5.41) is 0.960. The molecule has 1 fully saturated rings. The van der Waals surface area contributed by atoms with E-state index in [0.29, 0.717) is 5.56 Å². The van der Waals surface area contributed by atoms with Gasteiger partial charge in [0.25, 0.3) is 5.56 Å². The Morgan fingerprint density at radius 1 is 1.07 bits per heavy atom. The second-order valence-corrected chi connectivity index (χ2v) is 7.67. The SMILES string of the molecule is COc1ccc(N(Cc2cc3ccccc3[nH]c2=O)C(=O)C2CCCCC2)cc1. The molecule has 3 aromatic rings. The minimum Gasteiger partial charge on any atom is -0.497 e. The molecular weight excluding hydrogens is 364 g/mol. The van der Waals surface area contributed by atoms with Crippen LogP contribution in [0.4, 0.5) is 5.69 Å². The number of amides is 1. The summed E-state index contributed by atoms with van der Waals surface area (Å²) in [7, 11) is 1.62. The van der Waals surface area contributed by atoms with Crippen molar-refractivity contribution in [1.29, 1.82) is 0 Å². The number of benzene rings is 2. The second-order valence-electron chi connectivity index (χ2n) is 7.67. The Labute approximate surface area is 170 Å². The highest BCUT2D eigenvalue weighted by molar-refractivity contribution is 5.95. The van der Waals surface area contributed by atoms with Crippen LogP contribution in [0.15, 0.2) is 59.4 Å². The molecule has 0 bridgehead atoms. The monoisotopic (exact) mass is 390 g/mol. The van der Waals surface area contributed by atoms with Crippen molar-refractivity contribution in [2.24, 2.45) is 5.92 Å². The maximum atomic E-state index is 13.4. The number of pyridine rings is 1. The van der Waals surface area contributed by atoms with Crippen LogP contribution in [0.3, 0.4) is 0 Å². The Morgan fingerprint density at radius 3 is 2.52 bits per heavy atom. The Morgan fingerprint density at radius 2 is 1.79 bits per heavy atom. The van der Waals surface area contributed by atoms with Gasteiger partial charge in [-0.1, -0.05) is 37.5 Å². The molecular formula is C24H26N2O3. The number of hydrogen-bond acceptors (Lipinski definition) is 3. The van der Waals surface area contributed by atoms with Crippen molar-refractivity contribution in [2.75, 3.05) is 12.0 Å². The first-order valence-corrected chi connectivity index (χ1v) is 10.2. The van der Waals surface area contributed by atoms with E-state index in [0.717, 1.165) is 48.0 Å². The summed E-state index contributed by atoms with van der Waals surface area (Å²) in [4.78, 5) is 30.8. The van der Waals surface area contributed by atoms with Crippen molar-refractivity contribution in [3.63, 3.8) is 0 Å². The molecule has 2 aromatic carbocycles. The van der Waals surface area contributed by atoms with Crippen LogP contribution in [0, 0.1) is 5.92 Å². The lowest BCUT2D eigenvalue weighted by atomic mass is 9.88. The largest absolute Gasteiger partial charge is 0.497 e. The number of fused-ring (bicyclic) bond motifs is 1. The number of hydrogen-bond donors (Lipinski definition) is 1. The van der Waals surface area contributed by atoms with E-state index in [-0.39, 0.29) is 23.9 Å². The number of carbonyl (C=O) groups excluding carboxylic acids is 1. The zero-order chi connectivity index (χ0) is 20.2. The van der Waals surface area contributed by atoms with Gasteiger partial charge in [-0.15, -0.1) is 0 Å². The molecule has 150 valence electrons. The molecule has 29 heavy (non-hydrogen) atoms. The number of H-pyrrole nitrogens is 1. The van der Waals surface area contributed by atoms with Crippen molar-refractivity contribution in [2.45, 2.75) is 38.6 Å². The lowest BCUT2D eigenvalue weighted by Gasteiger charge is -2.29. The van der Waals surface area contributed by atoms with Gasteiger partial charge in [0.15, 0.2) is 0 Å². The molecule has 0 radical (unpaired) electrons. The first-order chi connectivity index (χ1) is 14.2. The van der Waals surface area contributed by atoms with Crippen LogP contribution in [-0.2, 0) is 11.3 Å². The summed E-state index contributed by atoms with van der Waals surface area (Å²) in [5.41, 5.74) is 2.02. The fraction of sp³-hybridized carbons (Fsp3) is 0.333. The Kier molecular flexibility index (Phi) is 5.65. The molecule has 5 nitrogen and oxygen atoms in total. The number of rotatable bonds is 5. The second kappa shape index (κ2) is 8.52. The van der Waals surface area contributed by atoms with Crippen LogP contribution in [0.5, 0.6) is 5.75 Å². The quantitative estimate of drug-likeness (QED) is 0.690. The topological polar surface area (TPSA) is 62.4 Å². The van der Waals surface area contributed by atoms with Crippen LogP contribution in [0.1, 0.15) is 37.7 Å². The van der Waals surface area contributed by atoms with E-state index >= 15 is 0 Å². The first kappa shape index (κ1) is 19.2. The van der Waals surface area contributed by atoms with Gasteiger partial charge in [-0.2, -0.15) is 0 Å². The molecule has 1 heterocycles. The molecule has 5 heteroatoms. The summed E-state index contributed by atoms with van der Waals surface area (Å²) in [5.74, 6) is 0.857. The number of aromatic nitrogens is 1. The minimum absolute atomic E-state index is 0.0189.